The molecule has 1 fully saturated rings. The van der Waals surface area contributed by atoms with Gasteiger partial charge in [-0.25, -0.2) is 10.1 Å². The molecular weight excluding hydrogens is 204 g/mol. The molecule has 1 amide bonds. The maximum Gasteiger partial charge on any atom is 0.410 e. The predicted octanol–water partition coefficient (Wildman–Crippen LogP) is 2.79. The number of carbonyl (C=O) groups is 1. The van der Waals surface area contributed by atoms with E-state index in [2.05, 4.69) is 13.5 Å². The molecule has 1 heterocycles. The summed E-state index contributed by atoms with van der Waals surface area (Å²) >= 11 is 0. The molecule has 0 aromatic rings. The lowest BCUT2D eigenvalue weighted by atomic mass is 10.0. The van der Waals surface area contributed by atoms with Crippen LogP contribution >= 0.6 is 0 Å². The Labute approximate surface area is 98.2 Å². The Morgan fingerprint density at radius 1 is 1.44 bits per heavy atom. The Bertz CT molecular complexity index is 243. The van der Waals surface area contributed by atoms with Gasteiger partial charge in [0.05, 0.1) is 0 Å². The first kappa shape index (κ1) is 14.8. The van der Waals surface area contributed by atoms with Crippen molar-refractivity contribution in [3.63, 3.8) is 0 Å². The minimum atomic E-state index is -0.377. The first-order chi connectivity index (χ1) is 7.38. The Balaban J connectivity index is 0.00000106. The number of hydrogen-bond acceptors (Lipinski definition) is 3. The Hall–Kier alpha value is -1.24. The van der Waals surface area contributed by atoms with Crippen LogP contribution in [-0.4, -0.2) is 29.7 Å². The molecule has 16 heavy (non-hydrogen) atoms. The van der Waals surface area contributed by atoms with Crippen LogP contribution in [0.3, 0.4) is 0 Å². The van der Waals surface area contributed by atoms with Crippen molar-refractivity contribution < 1.29 is 9.53 Å². The highest BCUT2D eigenvalue weighted by Crippen LogP contribution is 2.18. The molecule has 0 aromatic carbocycles. The molecule has 0 unspecified atom stereocenters. The van der Waals surface area contributed by atoms with E-state index in [1.165, 1.54) is 6.42 Å². The van der Waals surface area contributed by atoms with Gasteiger partial charge in [-0.1, -0.05) is 6.92 Å². The molecule has 1 saturated heterocycles. The van der Waals surface area contributed by atoms with Gasteiger partial charge >= 0.3 is 6.09 Å². The van der Waals surface area contributed by atoms with E-state index in [1.807, 2.05) is 25.7 Å². The number of likely N-dealkylation sites (tertiary alicyclic amines) is 1. The number of piperidine rings is 1. The quantitative estimate of drug-likeness (QED) is 0.638. The van der Waals surface area contributed by atoms with Crippen molar-refractivity contribution in [1.82, 2.24) is 4.90 Å². The van der Waals surface area contributed by atoms with E-state index in [4.69, 9.17) is 10.00 Å². The molecule has 1 aliphatic heterocycles. The summed E-state index contributed by atoms with van der Waals surface area (Å²) in [5, 5.41) is 6.50. The monoisotopic (exact) mass is 226 g/mol. The van der Waals surface area contributed by atoms with Crippen LogP contribution in [0.2, 0.25) is 0 Å². The largest absolute Gasteiger partial charge is 0.444 e. The number of hydrogen-bond donors (Lipinski definition) is 0. The summed E-state index contributed by atoms with van der Waals surface area (Å²) < 4.78 is 5.31. The first-order valence-electron chi connectivity index (χ1n) is 5.62. The molecule has 0 radical (unpaired) electrons. The molecule has 4 heteroatoms. The van der Waals surface area contributed by atoms with E-state index in [0.29, 0.717) is 5.92 Å². The van der Waals surface area contributed by atoms with Gasteiger partial charge in [-0.2, -0.15) is 0 Å². The summed E-state index contributed by atoms with van der Waals surface area (Å²) in [4.78, 5) is 13.5. The fourth-order valence-electron chi connectivity index (χ4n) is 1.68. The van der Waals surface area contributed by atoms with Gasteiger partial charge in [-0.3, -0.25) is 0 Å². The third kappa shape index (κ3) is 5.59. The lowest BCUT2D eigenvalue weighted by Crippen LogP contribution is -2.42. The number of ether oxygens (including phenoxy) is 1. The Kier molecular flexibility index (Phi) is 5.87. The topological polar surface area (TPSA) is 53.3 Å². The number of nitrogens with zero attached hydrogens (tertiary/aromatic N) is 2. The second-order valence-electron chi connectivity index (χ2n) is 5.17. The maximum atomic E-state index is 11.7. The van der Waals surface area contributed by atoms with Crippen LogP contribution < -0.4 is 0 Å². The van der Waals surface area contributed by atoms with E-state index in [1.54, 1.807) is 0 Å². The summed E-state index contributed by atoms with van der Waals surface area (Å²) in [7, 11) is 0. The highest BCUT2D eigenvalue weighted by molar-refractivity contribution is 5.68. The third-order valence-electron chi connectivity index (χ3n) is 2.31. The zero-order chi connectivity index (χ0) is 12.8. The predicted molar refractivity (Wildman–Crippen MR) is 62.9 cm³/mol. The highest BCUT2D eigenvalue weighted by Gasteiger charge is 2.25. The molecule has 1 aliphatic rings. The van der Waals surface area contributed by atoms with Crippen LogP contribution in [0.1, 0.15) is 40.5 Å². The summed E-state index contributed by atoms with van der Waals surface area (Å²) in [5.41, 5.74) is -0.377. The number of nitriles is 1. The van der Waals surface area contributed by atoms with Crippen LogP contribution in [0.15, 0.2) is 0 Å². The molecule has 92 valence electrons. The number of carbonyl (C=O) groups excluding carboxylic acids is 1. The molecule has 1 atom stereocenters. The van der Waals surface area contributed by atoms with Gasteiger partial charge in [0.15, 0.2) is 0 Å². The average Bonchev–Trinajstić information content (AvgIpc) is 2.18. The van der Waals surface area contributed by atoms with Crippen LogP contribution in [0.25, 0.3) is 0 Å². The standard InChI is InChI=1S/C11H21NO2.CHN/c1-9-6-5-7-12(8-9)10(13)14-11(2,3)4;1-2/h9H,5-8H2,1-4H3;1H/t9-;/m1./s1. The van der Waals surface area contributed by atoms with Crippen molar-refractivity contribution in [3.8, 4) is 6.57 Å². The van der Waals surface area contributed by atoms with Gasteiger partial charge in [-0.15, -0.1) is 0 Å². The van der Waals surface area contributed by atoms with E-state index in [9.17, 15) is 4.79 Å². The smallest absolute Gasteiger partial charge is 0.410 e. The van der Waals surface area contributed by atoms with Gasteiger partial charge in [0.2, 0.25) is 0 Å². The highest BCUT2D eigenvalue weighted by atomic mass is 16.6. The van der Waals surface area contributed by atoms with Crippen LogP contribution in [0.4, 0.5) is 4.79 Å². The zero-order valence-corrected chi connectivity index (χ0v) is 10.7. The van der Waals surface area contributed by atoms with Crippen molar-refractivity contribution in [2.75, 3.05) is 13.1 Å². The molecule has 4 nitrogen and oxygen atoms in total. The minimum absolute atomic E-state index is 0.163. The minimum Gasteiger partial charge on any atom is -0.444 e. The molecule has 0 N–H and O–H groups in total. The van der Waals surface area contributed by atoms with E-state index in [-0.39, 0.29) is 11.7 Å². The zero-order valence-electron chi connectivity index (χ0n) is 10.7. The second-order valence-corrected chi connectivity index (χ2v) is 5.17. The van der Waals surface area contributed by atoms with Gasteiger partial charge in [-0.05, 0) is 39.5 Å². The SMILES string of the molecule is C#N.C[C@@H]1CCCN(C(=O)OC(C)(C)C)C1. The van der Waals surface area contributed by atoms with E-state index >= 15 is 0 Å². The van der Waals surface area contributed by atoms with E-state index in [0.717, 1.165) is 19.5 Å². The molecule has 0 spiro atoms. The molecule has 0 aliphatic carbocycles. The van der Waals surface area contributed by atoms with Crippen molar-refractivity contribution in [2.24, 2.45) is 5.92 Å². The van der Waals surface area contributed by atoms with Gasteiger partial charge < -0.3 is 9.64 Å². The summed E-state index contributed by atoms with van der Waals surface area (Å²) in [5.74, 6) is 0.608. The van der Waals surface area contributed by atoms with Crippen molar-refractivity contribution in [2.45, 2.75) is 46.1 Å². The fraction of sp³-hybridized carbons (Fsp3) is 0.833. The summed E-state index contributed by atoms with van der Waals surface area (Å²) in [6.45, 7) is 13.1. The Morgan fingerprint density at radius 3 is 2.44 bits per heavy atom. The lowest BCUT2D eigenvalue weighted by molar-refractivity contribution is 0.0174. The number of rotatable bonds is 0. The van der Waals surface area contributed by atoms with E-state index < -0.39 is 0 Å². The third-order valence-corrected chi connectivity index (χ3v) is 2.31. The van der Waals surface area contributed by atoms with Crippen LogP contribution in [0.5, 0.6) is 0 Å². The number of amides is 1. The van der Waals surface area contributed by atoms with Gasteiger partial charge in [0.25, 0.3) is 0 Å². The molecule has 0 aromatic heterocycles. The first-order valence-corrected chi connectivity index (χ1v) is 5.62. The average molecular weight is 226 g/mol. The van der Waals surface area contributed by atoms with Crippen molar-refractivity contribution >= 4 is 6.09 Å². The lowest BCUT2D eigenvalue weighted by Gasteiger charge is -2.32. The van der Waals surface area contributed by atoms with Gasteiger partial charge in [0.1, 0.15) is 5.60 Å². The van der Waals surface area contributed by atoms with Crippen LogP contribution in [-0.2, 0) is 4.74 Å². The summed E-state index contributed by atoms with van der Waals surface area (Å²) in [6.07, 6.45) is 2.16. The maximum absolute atomic E-state index is 11.7. The van der Waals surface area contributed by atoms with Gasteiger partial charge in [0, 0.05) is 19.7 Å². The molecule has 0 bridgehead atoms. The Morgan fingerprint density at radius 2 is 2.00 bits per heavy atom. The fourth-order valence-corrected chi connectivity index (χ4v) is 1.68. The molecular formula is C12H22N2O2. The normalized spacial score (nSPS) is 20.6. The summed E-state index contributed by atoms with van der Waals surface area (Å²) in [6, 6.07) is 0. The molecule has 0 saturated carbocycles. The van der Waals surface area contributed by atoms with Crippen molar-refractivity contribution in [1.29, 1.82) is 5.26 Å². The second kappa shape index (κ2) is 6.37. The van der Waals surface area contributed by atoms with Crippen LogP contribution in [0, 0.1) is 17.8 Å². The van der Waals surface area contributed by atoms with Crippen molar-refractivity contribution in [3.05, 3.63) is 0 Å². The molecule has 1 rings (SSSR count).